The van der Waals surface area contributed by atoms with Crippen LogP contribution in [0, 0.1) is 0 Å². The van der Waals surface area contributed by atoms with Crippen LogP contribution in [0.4, 0.5) is 0 Å². The number of aromatic nitrogens is 1. The normalized spacial score (nSPS) is 15.7. The maximum absolute atomic E-state index is 13.2. The quantitative estimate of drug-likeness (QED) is 0.325. The average molecular weight is 538 g/mol. The molecule has 0 bridgehead atoms. The molecule has 4 aromatic rings. The summed E-state index contributed by atoms with van der Waals surface area (Å²) < 4.78 is 36.2. The van der Waals surface area contributed by atoms with Crippen molar-refractivity contribution in [2.75, 3.05) is 20.8 Å². The minimum atomic E-state index is -3.62. The minimum absolute atomic E-state index is 0.0293. The first-order valence-electron chi connectivity index (χ1n) is 12.6. The molecule has 1 aromatic heterocycles. The number of benzene rings is 3. The van der Waals surface area contributed by atoms with Gasteiger partial charge < -0.3 is 9.30 Å². The van der Waals surface area contributed by atoms with Crippen molar-refractivity contribution >= 4 is 48.3 Å². The standard InChI is InChI=1S/C28H31N3O4S2/c1-30(22-9-4-3-5-10-22)37(33,34)23-15-12-21(13-16-23)27(32)29-28-31(18-19-35-2)25-17-14-20-8-6-7-11-24(20)26(25)36-28/h6-8,11-17,22H,3-5,9-10,18-19H2,1-2H3. The third kappa shape index (κ3) is 5.13. The molecule has 7 nitrogen and oxygen atoms in total. The molecule has 0 aliphatic heterocycles. The number of sulfonamides is 1. The molecular formula is C28H31N3O4S2. The van der Waals surface area contributed by atoms with Crippen molar-refractivity contribution in [3.8, 4) is 0 Å². The lowest BCUT2D eigenvalue weighted by molar-refractivity contribution is 0.0997. The lowest BCUT2D eigenvalue weighted by Crippen LogP contribution is -2.38. The number of carbonyl (C=O) groups is 1. The van der Waals surface area contributed by atoms with E-state index in [1.807, 2.05) is 16.7 Å². The Morgan fingerprint density at radius 2 is 1.78 bits per heavy atom. The number of amides is 1. The summed E-state index contributed by atoms with van der Waals surface area (Å²) in [6, 6.07) is 18.4. The van der Waals surface area contributed by atoms with Crippen LogP contribution in [0.5, 0.6) is 0 Å². The van der Waals surface area contributed by atoms with E-state index in [1.54, 1.807) is 26.3 Å². The van der Waals surface area contributed by atoms with E-state index >= 15 is 0 Å². The van der Waals surface area contributed by atoms with Crippen LogP contribution in [0.2, 0.25) is 0 Å². The first kappa shape index (κ1) is 25.8. The number of carbonyl (C=O) groups excluding carboxylic acids is 1. The number of hydrogen-bond donors (Lipinski definition) is 0. The fourth-order valence-corrected chi connectivity index (χ4v) is 7.62. The smallest absolute Gasteiger partial charge is 0.279 e. The van der Waals surface area contributed by atoms with Crippen molar-refractivity contribution in [3.05, 3.63) is 71.0 Å². The first-order chi connectivity index (χ1) is 17.9. The highest BCUT2D eigenvalue weighted by Gasteiger charge is 2.29. The fraction of sp³-hybridized carbons (Fsp3) is 0.357. The highest BCUT2D eigenvalue weighted by Crippen LogP contribution is 2.28. The Labute approximate surface area is 221 Å². The van der Waals surface area contributed by atoms with Gasteiger partial charge in [-0.25, -0.2) is 8.42 Å². The largest absolute Gasteiger partial charge is 0.383 e. The van der Waals surface area contributed by atoms with Gasteiger partial charge >= 0.3 is 0 Å². The molecule has 1 aliphatic carbocycles. The van der Waals surface area contributed by atoms with Gasteiger partial charge in [0.05, 0.1) is 21.7 Å². The summed E-state index contributed by atoms with van der Waals surface area (Å²) in [5.74, 6) is -0.411. The fourth-order valence-electron chi connectivity index (χ4n) is 5.01. The average Bonchev–Trinajstić information content (AvgIpc) is 3.29. The molecule has 1 saturated carbocycles. The molecule has 1 heterocycles. The van der Waals surface area contributed by atoms with E-state index in [4.69, 9.17) is 4.74 Å². The summed E-state index contributed by atoms with van der Waals surface area (Å²) in [5, 5.41) is 2.24. The number of fused-ring (bicyclic) bond motifs is 3. The second kappa shape index (κ2) is 10.9. The van der Waals surface area contributed by atoms with Crippen molar-refractivity contribution in [2.45, 2.75) is 49.6 Å². The molecule has 1 amide bonds. The molecule has 9 heteroatoms. The van der Waals surface area contributed by atoms with E-state index in [-0.39, 0.29) is 10.9 Å². The van der Waals surface area contributed by atoms with E-state index < -0.39 is 15.9 Å². The van der Waals surface area contributed by atoms with E-state index in [9.17, 15) is 13.2 Å². The van der Waals surface area contributed by atoms with Crippen LogP contribution in [0.1, 0.15) is 42.5 Å². The number of nitrogens with zero attached hydrogens (tertiary/aromatic N) is 3. The van der Waals surface area contributed by atoms with Crippen molar-refractivity contribution in [1.82, 2.24) is 8.87 Å². The van der Waals surface area contributed by atoms with Crippen LogP contribution >= 0.6 is 11.3 Å². The zero-order valence-electron chi connectivity index (χ0n) is 21.1. The van der Waals surface area contributed by atoms with Gasteiger partial charge in [0, 0.05) is 37.7 Å². The molecular weight excluding hydrogens is 506 g/mol. The second-order valence-electron chi connectivity index (χ2n) is 9.42. The molecule has 0 spiro atoms. The topological polar surface area (TPSA) is 81.0 Å². The monoisotopic (exact) mass is 537 g/mol. The van der Waals surface area contributed by atoms with Crippen LogP contribution in [-0.4, -0.2) is 50.0 Å². The van der Waals surface area contributed by atoms with Gasteiger partial charge in [0.15, 0.2) is 4.80 Å². The zero-order valence-corrected chi connectivity index (χ0v) is 22.7. The highest BCUT2D eigenvalue weighted by atomic mass is 32.2. The molecule has 194 valence electrons. The number of methoxy groups -OCH3 is 1. The van der Waals surface area contributed by atoms with Crippen LogP contribution in [-0.2, 0) is 21.3 Å². The van der Waals surface area contributed by atoms with Gasteiger partial charge in [-0.05, 0) is 48.6 Å². The van der Waals surface area contributed by atoms with Crippen molar-refractivity contribution < 1.29 is 17.9 Å². The Hall–Kier alpha value is -2.85. The van der Waals surface area contributed by atoms with Crippen LogP contribution in [0.3, 0.4) is 0 Å². The summed E-state index contributed by atoms with van der Waals surface area (Å²) in [6.45, 7) is 1.05. The predicted molar refractivity (Wildman–Crippen MR) is 147 cm³/mol. The summed E-state index contributed by atoms with van der Waals surface area (Å²) in [7, 11) is -0.317. The summed E-state index contributed by atoms with van der Waals surface area (Å²) in [4.78, 5) is 18.4. The van der Waals surface area contributed by atoms with Crippen molar-refractivity contribution in [3.63, 3.8) is 0 Å². The Morgan fingerprint density at radius 3 is 2.51 bits per heavy atom. The number of ether oxygens (including phenoxy) is 1. The summed E-state index contributed by atoms with van der Waals surface area (Å²) >= 11 is 1.47. The lowest BCUT2D eigenvalue weighted by atomic mass is 9.96. The van der Waals surface area contributed by atoms with E-state index in [1.165, 1.54) is 27.8 Å². The lowest BCUT2D eigenvalue weighted by Gasteiger charge is -2.30. The summed E-state index contributed by atoms with van der Waals surface area (Å²) in [6.07, 6.45) is 5.04. The molecule has 5 rings (SSSR count). The number of thiazole rings is 1. The first-order valence-corrected chi connectivity index (χ1v) is 14.8. The second-order valence-corrected chi connectivity index (χ2v) is 12.4. The maximum Gasteiger partial charge on any atom is 0.279 e. The SMILES string of the molecule is COCCn1c(=NC(=O)c2ccc(S(=O)(=O)N(C)C3CCCCC3)cc2)sc2c3ccccc3ccc21. The molecule has 0 unspecified atom stereocenters. The Morgan fingerprint density at radius 1 is 1.05 bits per heavy atom. The van der Waals surface area contributed by atoms with Gasteiger partial charge in [-0.15, -0.1) is 0 Å². The molecule has 0 N–H and O–H groups in total. The molecule has 0 radical (unpaired) electrons. The minimum Gasteiger partial charge on any atom is -0.383 e. The molecule has 37 heavy (non-hydrogen) atoms. The van der Waals surface area contributed by atoms with Crippen molar-refractivity contribution in [2.24, 2.45) is 4.99 Å². The van der Waals surface area contributed by atoms with Crippen molar-refractivity contribution in [1.29, 1.82) is 0 Å². The Kier molecular flexibility index (Phi) is 7.57. The molecule has 0 atom stereocenters. The van der Waals surface area contributed by atoms with E-state index in [0.717, 1.165) is 53.1 Å². The molecule has 1 aliphatic rings. The van der Waals surface area contributed by atoms with Gasteiger partial charge in [-0.3, -0.25) is 4.79 Å². The third-order valence-corrected chi connectivity index (χ3v) is 10.2. The van der Waals surface area contributed by atoms with Gasteiger partial charge in [0.1, 0.15) is 0 Å². The van der Waals surface area contributed by atoms with Gasteiger partial charge in [-0.2, -0.15) is 9.30 Å². The summed E-state index contributed by atoms with van der Waals surface area (Å²) in [5.41, 5.74) is 1.35. The zero-order chi connectivity index (χ0) is 26.0. The Bertz CT molecular complexity index is 1600. The van der Waals surface area contributed by atoms with Crippen LogP contribution in [0.15, 0.2) is 70.6 Å². The third-order valence-electron chi connectivity index (χ3n) is 7.16. The molecule has 0 saturated heterocycles. The number of hydrogen-bond acceptors (Lipinski definition) is 5. The van der Waals surface area contributed by atoms with Gasteiger partial charge in [-0.1, -0.05) is 60.9 Å². The predicted octanol–water partition coefficient (Wildman–Crippen LogP) is 5.20. The van der Waals surface area contributed by atoms with E-state index in [0.29, 0.717) is 23.5 Å². The van der Waals surface area contributed by atoms with Gasteiger partial charge in [0.25, 0.3) is 5.91 Å². The molecule has 3 aromatic carbocycles. The van der Waals surface area contributed by atoms with Crippen LogP contribution < -0.4 is 4.80 Å². The van der Waals surface area contributed by atoms with E-state index in [2.05, 4.69) is 29.3 Å². The maximum atomic E-state index is 13.2. The molecule has 1 fully saturated rings. The number of rotatable bonds is 7. The van der Waals surface area contributed by atoms with Crippen LogP contribution in [0.25, 0.3) is 21.0 Å². The highest BCUT2D eigenvalue weighted by molar-refractivity contribution is 7.89. The Balaban J connectivity index is 1.47. The van der Waals surface area contributed by atoms with Gasteiger partial charge in [0.2, 0.25) is 10.0 Å².